The van der Waals surface area contributed by atoms with Gasteiger partial charge in [0.05, 0.1) is 18.6 Å². The maximum Gasteiger partial charge on any atom is 0.326 e. The van der Waals surface area contributed by atoms with Crippen LogP contribution in [0.25, 0.3) is 0 Å². The number of carbonyl (C=O) groups is 5. The van der Waals surface area contributed by atoms with E-state index in [0.29, 0.717) is 12.8 Å². The number of nitrogens with one attached hydrogen (secondary N) is 2. The van der Waals surface area contributed by atoms with Crippen molar-refractivity contribution in [3.63, 3.8) is 0 Å². The van der Waals surface area contributed by atoms with Gasteiger partial charge in [-0.15, -0.1) is 0 Å². The zero-order valence-electron chi connectivity index (χ0n) is 17.9. The number of carboxylic acids is 2. The highest BCUT2D eigenvalue weighted by atomic mass is 16.4. The summed E-state index contributed by atoms with van der Waals surface area (Å²) in [5.41, 5.74) is 5.50. The average Bonchev–Trinajstić information content (AvgIpc) is 3.13. The van der Waals surface area contributed by atoms with E-state index in [1.807, 2.05) is 13.8 Å². The first-order valence-electron chi connectivity index (χ1n) is 10.1. The highest BCUT2D eigenvalue weighted by molar-refractivity contribution is 5.95. The van der Waals surface area contributed by atoms with Gasteiger partial charge < -0.3 is 36.6 Å². The van der Waals surface area contributed by atoms with Gasteiger partial charge in [-0.2, -0.15) is 0 Å². The minimum Gasteiger partial charge on any atom is -0.481 e. The first-order valence-corrected chi connectivity index (χ1v) is 10.1. The molecule has 5 atom stereocenters. The first kappa shape index (κ1) is 26.3. The van der Waals surface area contributed by atoms with Gasteiger partial charge in [0.15, 0.2) is 0 Å². The number of carboxylic acid groups (broad SMARTS) is 2. The molecule has 0 aliphatic carbocycles. The number of hydrogen-bond acceptors (Lipinski definition) is 7. The smallest absolute Gasteiger partial charge is 0.326 e. The van der Waals surface area contributed by atoms with Gasteiger partial charge in [0.25, 0.3) is 0 Å². The van der Waals surface area contributed by atoms with Crippen LogP contribution in [0.5, 0.6) is 0 Å². The monoisotopic (exact) mass is 444 g/mol. The molecule has 1 heterocycles. The summed E-state index contributed by atoms with van der Waals surface area (Å²) in [6.45, 7) is 5.08. The number of aliphatic hydroxyl groups is 1. The van der Waals surface area contributed by atoms with Crippen LogP contribution in [0.4, 0.5) is 0 Å². The number of rotatable bonds is 11. The minimum atomic E-state index is -1.44. The Morgan fingerprint density at radius 2 is 1.71 bits per heavy atom. The van der Waals surface area contributed by atoms with Crippen LogP contribution < -0.4 is 16.4 Å². The molecule has 176 valence electrons. The van der Waals surface area contributed by atoms with Crippen molar-refractivity contribution in [1.82, 2.24) is 15.5 Å². The molecule has 1 fully saturated rings. The number of aliphatic hydroxyl groups excluding tert-OH is 1. The standard InChI is InChI=1S/C19H32N4O8/c1-9(2)7-12(19(30)31)21-17(28)13-5-4-6-23(13)18(29)15(10(3)24)22-16(27)11(20)8-14(25)26/h9-13,15,24H,4-8,20H2,1-3H3,(H,21,28)(H,22,27)(H,25,26)(H,30,31). The Balaban J connectivity index is 2.92. The second-order valence-electron chi connectivity index (χ2n) is 8.15. The lowest BCUT2D eigenvalue weighted by molar-refractivity contribution is -0.146. The van der Waals surface area contributed by atoms with Crippen molar-refractivity contribution in [3.05, 3.63) is 0 Å². The molecule has 5 unspecified atom stereocenters. The van der Waals surface area contributed by atoms with Gasteiger partial charge in [-0.05, 0) is 32.1 Å². The van der Waals surface area contributed by atoms with E-state index in [9.17, 15) is 34.2 Å². The van der Waals surface area contributed by atoms with Crippen LogP contribution in [-0.4, -0.2) is 86.7 Å². The molecule has 7 N–H and O–H groups in total. The summed E-state index contributed by atoms with van der Waals surface area (Å²) in [7, 11) is 0. The summed E-state index contributed by atoms with van der Waals surface area (Å²) in [6, 6.07) is -4.91. The highest BCUT2D eigenvalue weighted by Gasteiger charge is 2.40. The van der Waals surface area contributed by atoms with Crippen LogP contribution in [-0.2, 0) is 24.0 Å². The minimum absolute atomic E-state index is 0.0209. The highest BCUT2D eigenvalue weighted by Crippen LogP contribution is 2.20. The quantitative estimate of drug-likeness (QED) is 0.214. The third-order valence-electron chi connectivity index (χ3n) is 4.94. The molecule has 0 aromatic rings. The van der Waals surface area contributed by atoms with E-state index in [4.69, 9.17) is 10.8 Å². The predicted octanol–water partition coefficient (Wildman–Crippen LogP) is -1.74. The summed E-state index contributed by atoms with van der Waals surface area (Å²) in [5.74, 6) is -4.75. The third-order valence-corrected chi connectivity index (χ3v) is 4.94. The van der Waals surface area contributed by atoms with Gasteiger partial charge in [-0.3, -0.25) is 19.2 Å². The van der Waals surface area contributed by atoms with Gasteiger partial charge in [-0.1, -0.05) is 13.8 Å². The van der Waals surface area contributed by atoms with Crippen LogP contribution in [0, 0.1) is 5.92 Å². The second kappa shape index (κ2) is 11.6. The molecular weight excluding hydrogens is 412 g/mol. The summed E-state index contributed by atoms with van der Waals surface area (Å²) >= 11 is 0. The molecule has 0 aromatic carbocycles. The first-order chi connectivity index (χ1) is 14.3. The lowest BCUT2D eigenvalue weighted by Crippen LogP contribution is -2.59. The number of aliphatic carboxylic acids is 2. The molecule has 1 aliphatic rings. The molecule has 3 amide bonds. The van der Waals surface area contributed by atoms with Crippen LogP contribution >= 0.6 is 0 Å². The maximum absolute atomic E-state index is 13.0. The SMILES string of the molecule is CC(C)CC(NC(=O)C1CCCN1C(=O)C(NC(=O)C(N)CC(=O)O)C(C)O)C(=O)O. The van der Waals surface area contributed by atoms with E-state index in [-0.39, 0.29) is 18.9 Å². The summed E-state index contributed by atoms with van der Waals surface area (Å²) in [6.07, 6.45) is -1.01. The van der Waals surface area contributed by atoms with Gasteiger partial charge in [0.1, 0.15) is 18.1 Å². The number of likely N-dealkylation sites (tertiary alicyclic amines) is 1. The topological polar surface area (TPSA) is 199 Å². The molecule has 1 saturated heterocycles. The fourth-order valence-electron chi connectivity index (χ4n) is 3.37. The van der Waals surface area contributed by atoms with Crippen molar-refractivity contribution >= 4 is 29.7 Å². The lowest BCUT2D eigenvalue weighted by atomic mass is 10.0. The van der Waals surface area contributed by atoms with Gasteiger partial charge in [0.2, 0.25) is 17.7 Å². The zero-order chi connectivity index (χ0) is 23.9. The normalized spacial score (nSPS) is 19.9. The Kier molecular flexibility index (Phi) is 9.85. The second-order valence-corrected chi connectivity index (χ2v) is 8.15. The number of nitrogens with two attached hydrogens (primary N) is 1. The largest absolute Gasteiger partial charge is 0.481 e. The molecule has 0 bridgehead atoms. The molecule has 0 aromatic heterocycles. The van der Waals surface area contributed by atoms with Crippen LogP contribution in [0.1, 0.15) is 46.5 Å². The molecule has 12 heteroatoms. The van der Waals surface area contributed by atoms with Crippen molar-refractivity contribution in [2.24, 2.45) is 11.7 Å². The van der Waals surface area contributed by atoms with E-state index < -0.39 is 66.4 Å². The van der Waals surface area contributed by atoms with Crippen LogP contribution in [0.2, 0.25) is 0 Å². The molecule has 31 heavy (non-hydrogen) atoms. The van der Waals surface area contributed by atoms with E-state index in [0.717, 1.165) is 0 Å². The van der Waals surface area contributed by atoms with Gasteiger partial charge in [0, 0.05) is 6.54 Å². The fourth-order valence-corrected chi connectivity index (χ4v) is 3.37. The molecular formula is C19H32N4O8. The van der Waals surface area contributed by atoms with Crippen LogP contribution in [0.15, 0.2) is 0 Å². The molecule has 12 nitrogen and oxygen atoms in total. The molecule has 0 spiro atoms. The Bertz CT molecular complexity index is 696. The maximum atomic E-state index is 13.0. The summed E-state index contributed by atoms with van der Waals surface area (Å²) in [5, 5.41) is 32.8. The molecule has 0 saturated carbocycles. The van der Waals surface area contributed by atoms with Crippen molar-refractivity contribution in [2.75, 3.05) is 6.54 Å². The van der Waals surface area contributed by atoms with E-state index in [2.05, 4.69) is 10.6 Å². The van der Waals surface area contributed by atoms with Crippen molar-refractivity contribution in [3.8, 4) is 0 Å². The number of nitrogens with zero attached hydrogens (tertiary/aromatic N) is 1. The van der Waals surface area contributed by atoms with Crippen LogP contribution in [0.3, 0.4) is 0 Å². The van der Waals surface area contributed by atoms with E-state index in [1.54, 1.807) is 0 Å². The third kappa shape index (κ3) is 7.79. The molecule has 1 rings (SSSR count). The Labute approximate surface area is 180 Å². The molecule has 1 aliphatic heterocycles. The number of carbonyl (C=O) groups excluding carboxylic acids is 3. The lowest BCUT2D eigenvalue weighted by Gasteiger charge is -2.31. The predicted molar refractivity (Wildman–Crippen MR) is 108 cm³/mol. The Morgan fingerprint density at radius 1 is 1.10 bits per heavy atom. The number of amides is 3. The van der Waals surface area contributed by atoms with E-state index >= 15 is 0 Å². The van der Waals surface area contributed by atoms with Gasteiger partial charge in [-0.25, -0.2) is 4.79 Å². The van der Waals surface area contributed by atoms with Crippen molar-refractivity contribution in [2.45, 2.75) is 76.7 Å². The van der Waals surface area contributed by atoms with Crippen molar-refractivity contribution < 1.29 is 39.3 Å². The van der Waals surface area contributed by atoms with E-state index in [1.165, 1.54) is 11.8 Å². The van der Waals surface area contributed by atoms with Gasteiger partial charge >= 0.3 is 11.9 Å². The zero-order valence-corrected chi connectivity index (χ0v) is 17.9. The fraction of sp³-hybridized carbons (Fsp3) is 0.737. The Hall–Kier alpha value is -2.73. The molecule has 0 radical (unpaired) electrons. The summed E-state index contributed by atoms with van der Waals surface area (Å²) < 4.78 is 0. The van der Waals surface area contributed by atoms with Crippen molar-refractivity contribution in [1.29, 1.82) is 0 Å². The summed E-state index contributed by atoms with van der Waals surface area (Å²) in [4.78, 5) is 61.1. The Morgan fingerprint density at radius 3 is 2.19 bits per heavy atom. The average molecular weight is 444 g/mol. The number of hydrogen-bond donors (Lipinski definition) is 6.